The highest BCUT2D eigenvalue weighted by atomic mass is 19.4. The van der Waals surface area contributed by atoms with E-state index in [2.05, 4.69) is 5.32 Å². The number of benzene rings is 2. The zero-order chi connectivity index (χ0) is 15.3. The summed E-state index contributed by atoms with van der Waals surface area (Å²) in [5.74, 6) is 0. The Hall–Kier alpha value is -2.01. The summed E-state index contributed by atoms with van der Waals surface area (Å²) in [5.41, 5.74) is 1.24. The van der Waals surface area contributed by atoms with Crippen LogP contribution in [0.2, 0.25) is 0 Å². The van der Waals surface area contributed by atoms with Crippen molar-refractivity contribution in [3.8, 4) is 0 Å². The molecule has 5 heteroatoms. The van der Waals surface area contributed by atoms with E-state index in [1.807, 2.05) is 42.3 Å². The first-order valence-corrected chi connectivity index (χ1v) is 6.59. The molecular weight excluding hydrogens is 277 g/mol. The van der Waals surface area contributed by atoms with E-state index in [0.717, 1.165) is 23.4 Å². The topological polar surface area (TPSA) is 15.3 Å². The zero-order valence-electron chi connectivity index (χ0n) is 11.7. The van der Waals surface area contributed by atoms with Gasteiger partial charge in [-0.05, 0) is 36.9 Å². The summed E-state index contributed by atoms with van der Waals surface area (Å²) < 4.78 is 37.4. The summed E-state index contributed by atoms with van der Waals surface area (Å²) in [6.07, 6.45) is -4.28. The molecule has 21 heavy (non-hydrogen) atoms. The van der Waals surface area contributed by atoms with Crippen LogP contribution >= 0.6 is 0 Å². The molecule has 0 heterocycles. The molecule has 0 aliphatic heterocycles. The summed E-state index contributed by atoms with van der Waals surface area (Å²) in [4.78, 5) is 2.00. The van der Waals surface area contributed by atoms with Crippen LogP contribution in [0.15, 0.2) is 54.6 Å². The van der Waals surface area contributed by atoms with E-state index in [4.69, 9.17) is 0 Å². The molecule has 0 radical (unpaired) electrons. The van der Waals surface area contributed by atoms with Crippen LogP contribution in [-0.4, -0.2) is 18.6 Å². The Morgan fingerprint density at radius 1 is 0.952 bits per heavy atom. The maximum absolute atomic E-state index is 12.5. The molecule has 0 unspecified atom stereocenters. The molecule has 2 aromatic carbocycles. The third-order valence-electron chi connectivity index (χ3n) is 3.06. The van der Waals surface area contributed by atoms with Gasteiger partial charge in [-0.3, -0.25) is 4.90 Å². The molecule has 0 amide bonds. The van der Waals surface area contributed by atoms with Crippen LogP contribution in [0.1, 0.15) is 11.1 Å². The van der Waals surface area contributed by atoms with Gasteiger partial charge in [-0.2, -0.15) is 13.2 Å². The number of hydrogen-bond acceptors (Lipinski definition) is 2. The smallest absolute Gasteiger partial charge is 0.372 e. The molecule has 0 saturated heterocycles. The van der Waals surface area contributed by atoms with E-state index in [0.29, 0.717) is 13.2 Å². The van der Waals surface area contributed by atoms with Crippen LogP contribution in [0.3, 0.4) is 0 Å². The van der Waals surface area contributed by atoms with Gasteiger partial charge in [0.25, 0.3) is 0 Å². The minimum atomic E-state index is -4.28. The minimum Gasteiger partial charge on any atom is -0.372 e. The van der Waals surface area contributed by atoms with Gasteiger partial charge in [0.05, 0.1) is 12.2 Å². The molecule has 2 nitrogen and oxygen atoms in total. The molecule has 0 atom stereocenters. The number of anilines is 1. The van der Waals surface area contributed by atoms with Gasteiger partial charge in [0.1, 0.15) is 0 Å². The van der Waals surface area contributed by atoms with E-state index in [9.17, 15) is 13.2 Å². The van der Waals surface area contributed by atoms with E-state index in [1.165, 1.54) is 12.1 Å². The van der Waals surface area contributed by atoms with Gasteiger partial charge in [-0.15, -0.1) is 0 Å². The SMILES string of the molecule is CN(CNc1ccccc1)Cc1ccc(C(F)(F)F)cc1. The number of nitrogens with zero attached hydrogens (tertiary/aromatic N) is 1. The van der Waals surface area contributed by atoms with Gasteiger partial charge in [-0.1, -0.05) is 30.3 Å². The normalized spacial score (nSPS) is 11.7. The second kappa shape index (κ2) is 6.63. The highest BCUT2D eigenvalue weighted by Gasteiger charge is 2.29. The first kappa shape index (κ1) is 15.4. The molecule has 1 N–H and O–H groups in total. The average molecular weight is 294 g/mol. The van der Waals surface area contributed by atoms with Crippen molar-refractivity contribution in [1.82, 2.24) is 4.90 Å². The lowest BCUT2D eigenvalue weighted by Gasteiger charge is -2.18. The maximum atomic E-state index is 12.5. The first-order chi connectivity index (χ1) is 9.95. The van der Waals surface area contributed by atoms with Gasteiger partial charge < -0.3 is 5.32 Å². The van der Waals surface area contributed by atoms with Crippen molar-refractivity contribution in [3.63, 3.8) is 0 Å². The molecule has 0 spiro atoms. The number of rotatable bonds is 5. The van der Waals surface area contributed by atoms with Gasteiger partial charge in [0.15, 0.2) is 0 Å². The fourth-order valence-corrected chi connectivity index (χ4v) is 1.95. The van der Waals surface area contributed by atoms with Gasteiger partial charge in [0.2, 0.25) is 0 Å². The largest absolute Gasteiger partial charge is 0.416 e. The van der Waals surface area contributed by atoms with Crippen LogP contribution in [0, 0.1) is 0 Å². The van der Waals surface area contributed by atoms with Crippen LogP contribution in [-0.2, 0) is 12.7 Å². The monoisotopic (exact) mass is 294 g/mol. The summed E-state index contributed by atoms with van der Waals surface area (Å²) in [6.45, 7) is 1.20. The van der Waals surface area contributed by atoms with E-state index in [1.54, 1.807) is 0 Å². The molecule has 0 fully saturated rings. The molecule has 112 valence electrons. The van der Waals surface area contributed by atoms with Gasteiger partial charge in [-0.25, -0.2) is 0 Å². The number of para-hydroxylation sites is 1. The lowest BCUT2D eigenvalue weighted by molar-refractivity contribution is -0.137. The number of alkyl halides is 3. The van der Waals surface area contributed by atoms with Crippen molar-refractivity contribution in [1.29, 1.82) is 0 Å². The Morgan fingerprint density at radius 3 is 2.14 bits per heavy atom. The Morgan fingerprint density at radius 2 is 1.57 bits per heavy atom. The number of nitrogens with one attached hydrogen (secondary N) is 1. The van der Waals surface area contributed by atoms with Crippen molar-refractivity contribution in [3.05, 3.63) is 65.7 Å². The molecule has 0 bridgehead atoms. The zero-order valence-corrected chi connectivity index (χ0v) is 11.7. The average Bonchev–Trinajstić information content (AvgIpc) is 2.46. The fourth-order valence-electron chi connectivity index (χ4n) is 1.95. The number of hydrogen-bond donors (Lipinski definition) is 1. The van der Waals surface area contributed by atoms with E-state index < -0.39 is 11.7 Å². The van der Waals surface area contributed by atoms with E-state index in [-0.39, 0.29) is 0 Å². The molecule has 0 aliphatic rings. The Bertz CT molecular complexity index is 550. The van der Waals surface area contributed by atoms with Crippen molar-refractivity contribution >= 4 is 5.69 Å². The second-order valence-corrected chi connectivity index (χ2v) is 4.91. The quantitative estimate of drug-likeness (QED) is 0.831. The van der Waals surface area contributed by atoms with Crippen LogP contribution in [0.4, 0.5) is 18.9 Å². The van der Waals surface area contributed by atoms with Crippen molar-refractivity contribution in [2.45, 2.75) is 12.7 Å². The Balaban J connectivity index is 1.86. The molecule has 0 aliphatic carbocycles. The van der Waals surface area contributed by atoms with Crippen LogP contribution in [0.5, 0.6) is 0 Å². The molecule has 0 saturated carbocycles. The predicted octanol–water partition coefficient (Wildman–Crippen LogP) is 4.21. The minimum absolute atomic E-state index is 0.581. The maximum Gasteiger partial charge on any atom is 0.416 e. The summed E-state index contributed by atoms with van der Waals surface area (Å²) in [6, 6.07) is 15.0. The summed E-state index contributed by atoms with van der Waals surface area (Å²) in [5, 5.41) is 3.25. The highest BCUT2D eigenvalue weighted by Crippen LogP contribution is 2.29. The Kier molecular flexibility index (Phi) is 4.85. The van der Waals surface area contributed by atoms with Gasteiger partial charge >= 0.3 is 6.18 Å². The van der Waals surface area contributed by atoms with Crippen molar-refractivity contribution < 1.29 is 13.2 Å². The summed E-state index contributed by atoms with van der Waals surface area (Å²) in [7, 11) is 1.91. The first-order valence-electron chi connectivity index (χ1n) is 6.59. The van der Waals surface area contributed by atoms with Gasteiger partial charge in [0, 0.05) is 12.2 Å². The van der Waals surface area contributed by atoms with E-state index >= 15 is 0 Å². The number of halogens is 3. The lowest BCUT2D eigenvalue weighted by atomic mass is 10.1. The predicted molar refractivity (Wildman–Crippen MR) is 77.8 cm³/mol. The standard InChI is InChI=1S/C16H17F3N2/c1-21(12-20-15-5-3-2-4-6-15)11-13-7-9-14(10-8-13)16(17,18)19/h2-10,20H,11-12H2,1H3. The Labute approximate surface area is 122 Å². The second-order valence-electron chi connectivity index (χ2n) is 4.91. The molecule has 2 aromatic rings. The fraction of sp³-hybridized carbons (Fsp3) is 0.250. The third kappa shape index (κ3) is 4.79. The highest BCUT2D eigenvalue weighted by molar-refractivity contribution is 5.42. The van der Waals surface area contributed by atoms with Crippen molar-refractivity contribution in [2.24, 2.45) is 0 Å². The van der Waals surface area contributed by atoms with Crippen LogP contribution < -0.4 is 5.32 Å². The molecule has 0 aromatic heterocycles. The molecular formula is C16H17F3N2. The van der Waals surface area contributed by atoms with Crippen LogP contribution in [0.25, 0.3) is 0 Å². The van der Waals surface area contributed by atoms with Crippen molar-refractivity contribution in [2.75, 3.05) is 19.0 Å². The molecule has 2 rings (SSSR count). The summed E-state index contributed by atoms with van der Waals surface area (Å²) >= 11 is 0. The lowest BCUT2D eigenvalue weighted by Crippen LogP contribution is -2.24. The third-order valence-corrected chi connectivity index (χ3v) is 3.06.